The van der Waals surface area contributed by atoms with Crippen molar-refractivity contribution in [1.29, 1.82) is 0 Å². The van der Waals surface area contributed by atoms with Gasteiger partial charge >= 0.3 is 0 Å². The summed E-state index contributed by atoms with van der Waals surface area (Å²) in [6.45, 7) is 0.271. The molecule has 1 fully saturated rings. The average molecular weight is 378 g/mol. The predicted molar refractivity (Wildman–Crippen MR) is 103 cm³/mol. The van der Waals surface area contributed by atoms with Gasteiger partial charge in [-0.25, -0.2) is 0 Å². The lowest BCUT2D eigenvalue weighted by molar-refractivity contribution is -0.129. The van der Waals surface area contributed by atoms with Crippen LogP contribution in [-0.2, 0) is 4.79 Å². The molecule has 0 aromatic heterocycles. The summed E-state index contributed by atoms with van der Waals surface area (Å²) in [6.07, 6.45) is 1.18. The Bertz CT molecular complexity index is 913. The monoisotopic (exact) mass is 378 g/mol. The number of likely N-dealkylation sites (tertiary alicyclic amines) is 1. The highest BCUT2D eigenvalue weighted by molar-refractivity contribution is 6.10. The van der Waals surface area contributed by atoms with E-state index in [0.29, 0.717) is 25.1 Å². The number of anilines is 1. The number of para-hydroxylation sites is 1. The fourth-order valence-corrected chi connectivity index (χ4v) is 3.32. The van der Waals surface area contributed by atoms with Crippen molar-refractivity contribution in [3.8, 4) is 0 Å². The molecule has 1 aliphatic rings. The van der Waals surface area contributed by atoms with Crippen LogP contribution in [0, 0.1) is 0 Å². The molecule has 0 saturated carbocycles. The summed E-state index contributed by atoms with van der Waals surface area (Å²) in [5, 5.41) is 5.90. The lowest BCUT2D eigenvalue weighted by Gasteiger charge is -2.23. The summed E-state index contributed by atoms with van der Waals surface area (Å²) < 4.78 is 0. The van der Waals surface area contributed by atoms with Crippen molar-refractivity contribution in [2.24, 2.45) is 10.8 Å². The molecule has 1 heterocycles. The minimum atomic E-state index is -0.677. The molecule has 1 atom stereocenters. The molecule has 8 heteroatoms. The van der Waals surface area contributed by atoms with Crippen LogP contribution >= 0.6 is 0 Å². The van der Waals surface area contributed by atoms with Crippen LogP contribution in [0.5, 0.6) is 0 Å². The normalized spacial score (nSPS) is 15.9. The van der Waals surface area contributed by atoms with Gasteiger partial charge in [0, 0.05) is 23.4 Å². The van der Waals surface area contributed by atoms with Gasteiger partial charge in [0.15, 0.2) is 5.78 Å². The molecule has 1 aliphatic heterocycles. The molecule has 8 nitrogen and oxygen atoms in total. The van der Waals surface area contributed by atoms with Crippen LogP contribution in [0.15, 0.2) is 53.6 Å². The molecule has 143 valence electrons. The smallest absolute Gasteiger partial charge is 0.255 e. The molecule has 0 unspecified atom stereocenters. The highest BCUT2D eigenvalue weighted by atomic mass is 16.2. The maximum absolute atomic E-state index is 13.1. The summed E-state index contributed by atoms with van der Waals surface area (Å²) in [7, 11) is 0. The van der Waals surface area contributed by atoms with E-state index in [2.05, 4.69) is 10.4 Å². The number of nitrogens with one attached hydrogen (secondary N) is 1. The molecule has 28 heavy (non-hydrogen) atoms. The maximum atomic E-state index is 13.1. The molecule has 1 radical (unpaired) electrons. The van der Waals surface area contributed by atoms with Gasteiger partial charge in [-0.05, 0) is 48.7 Å². The number of hydrogen-bond acceptors (Lipinski definition) is 5. The van der Waals surface area contributed by atoms with Crippen molar-refractivity contribution in [3.63, 3.8) is 0 Å². The average Bonchev–Trinajstić information content (AvgIpc) is 3.22. The Kier molecular flexibility index (Phi) is 5.90. The molecule has 0 bridgehead atoms. The molecule has 2 aromatic rings. The van der Waals surface area contributed by atoms with E-state index in [4.69, 9.17) is 5.73 Å². The first-order valence-corrected chi connectivity index (χ1v) is 8.94. The summed E-state index contributed by atoms with van der Waals surface area (Å²) in [5.41, 5.74) is 15.7. The zero-order valence-electron chi connectivity index (χ0n) is 15.2. The van der Waals surface area contributed by atoms with Crippen LogP contribution in [-0.4, -0.2) is 41.6 Å². The second-order valence-corrected chi connectivity index (χ2v) is 6.47. The largest absolute Gasteiger partial charge is 0.331 e. The van der Waals surface area contributed by atoms with E-state index in [9.17, 15) is 19.9 Å². The number of benzene rings is 2. The number of amides is 2. The van der Waals surface area contributed by atoms with Gasteiger partial charge in [0.2, 0.25) is 5.91 Å². The fourth-order valence-electron chi connectivity index (χ4n) is 3.32. The second-order valence-electron chi connectivity index (χ2n) is 6.47. The van der Waals surface area contributed by atoms with Gasteiger partial charge in [0.1, 0.15) is 0 Å². The molecule has 0 aliphatic carbocycles. The first kappa shape index (κ1) is 19.4. The molecule has 3 rings (SSSR count). The third kappa shape index (κ3) is 3.96. The maximum Gasteiger partial charge on any atom is 0.255 e. The minimum Gasteiger partial charge on any atom is -0.331 e. The molecular formula is C20H20N5O3. The SMILES string of the molecule is [N]=Nc1ccc(C(=O)Nc2ccccc2)cc1C(=O)[C@@H]1CCCN1C(=O)CN. The summed E-state index contributed by atoms with van der Waals surface area (Å²) in [4.78, 5) is 39.0. The van der Waals surface area contributed by atoms with Gasteiger partial charge in [0.05, 0.1) is 18.3 Å². The Labute approximate surface area is 162 Å². The second kappa shape index (κ2) is 8.53. The summed E-state index contributed by atoms with van der Waals surface area (Å²) in [5.74, 6) is -1.08. The van der Waals surface area contributed by atoms with E-state index in [1.54, 1.807) is 24.3 Å². The Morgan fingerprint density at radius 2 is 1.93 bits per heavy atom. The van der Waals surface area contributed by atoms with Gasteiger partial charge in [-0.3, -0.25) is 14.4 Å². The molecule has 0 spiro atoms. The van der Waals surface area contributed by atoms with Gasteiger partial charge in [-0.1, -0.05) is 18.2 Å². The summed E-state index contributed by atoms with van der Waals surface area (Å²) >= 11 is 0. The minimum absolute atomic E-state index is 0.0494. The van der Waals surface area contributed by atoms with E-state index in [1.807, 2.05) is 6.07 Å². The topological polar surface area (TPSA) is 127 Å². The van der Waals surface area contributed by atoms with Crippen LogP contribution < -0.4 is 16.6 Å². The number of Topliss-reactive ketones (excluding diaryl/α,β-unsaturated/α-hetero) is 1. The standard InChI is InChI=1S/C20H20N5O3/c21-12-18(26)25-10-4-7-17(25)19(27)15-11-13(8-9-16(15)24-22)20(28)23-14-5-2-1-3-6-14/h1-3,5-6,8-9,11,17H,4,7,10,12,21H2,(H,23,28)/t17-/m0/s1. The quantitative estimate of drug-likeness (QED) is 0.588. The number of nitrogens with zero attached hydrogens (tertiary/aromatic N) is 3. The zero-order valence-corrected chi connectivity index (χ0v) is 15.2. The lowest BCUT2D eigenvalue weighted by Crippen LogP contribution is -2.43. The Hall–Kier alpha value is -3.39. The summed E-state index contributed by atoms with van der Waals surface area (Å²) in [6, 6.07) is 12.5. The van der Waals surface area contributed by atoms with Gasteiger partial charge in [-0.2, -0.15) is 0 Å². The highest BCUT2D eigenvalue weighted by Crippen LogP contribution is 2.27. The van der Waals surface area contributed by atoms with E-state index < -0.39 is 11.9 Å². The molecular weight excluding hydrogens is 358 g/mol. The predicted octanol–water partition coefficient (Wildman–Crippen LogP) is 1.96. The number of hydrogen-bond donors (Lipinski definition) is 2. The lowest BCUT2D eigenvalue weighted by atomic mass is 9.98. The van der Waals surface area contributed by atoms with Crippen molar-refractivity contribution >= 4 is 29.0 Å². The van der Waals surface area contributed by atoms with E-state index in [0.717, 1.165) is 0 Å². The van der Waals surface area contributed by atoms with Crippen molar-refractivity contribution in [3.05, 3.63) is 59.7 Å². The van der Waals surface area contributed by atoms with E-state index in [1.165, 1.54) is 23.1 Å². The van der Waals surface area contributed by atoms with Gasteiger partial charge < -0.3 is 16.0 Å². The Morgan fingerprint density at radius 3 is 2.61 bits per heavy atom. The zero-order chi connectivity index (χ0) is 20.1. The van der Waals surface area contributed by atoms with Crippen molar-refractivity contribution < 1.29 is 14.4 Å². The first-order chi connectivity index (χ1) is 13.5. The molecule has 2 aromatic carbocycles. The number of nitrogens with two attached hydrogens (primary N) is 1. The number of ketones is 1. The first-order valence-electron chi connectivity index (χ1n) is 8.94. The van der Waals surface area contributed by atoms with Crippen LogP contribution in [0.4, 0.5) is 11.4 Å². The van der Waals surface area contributed by atoms with Crippen LogP contribution in [0.25, 0.3) is 0 Å². The molecule has 3 N–H and O–H groups in total. The third-order valence-electron chi connectivity index (χ3n) is 4.71. The highest BCUT2D eigenvalue weighted by Gasteiger charge is 2.35. The van der Waals surface area contributed by atoms with Crippen LogP contribution in [0.3, 0.4) is 0 Å². The van der Waals surface area contributed by atoms with Crippen molar-refractivity contribution in [1.82, 2.24) is 10.4 Å². The fraction of sp³-hybridized carbons (Fsp3) is 0.250. The van der Waals surface area contributed by atoms with Gasteiger partial charge in [-0.15, -0.1) is 5.11 Å². The van der Waals surface area contributed by atoms with Crippen LogP contribution in [0.2, 0.25) is 0 Å². The number of rotatable bonds is 6. The van der Waals surface area contributed by atoms with Crippen molar-refractivity contribution in [2.45, 2.75) is 18.9 Å². The number of carbonyl (C=O) groups is 3. The van der Waals surface area contributed by atoms with Gasteiger partial charge in [0.25, 0.3) is 5.91 Å². The molecule has 1 saturated heterocycles. The number of carbonyl (C=O) groups excluding carboxylic acids is 3. The Balaban J connectivity index is 1.88. The Morgan fingerprint density at radius 1 is 1.18 bits per heavy atom. The van der Waals surface area contributed by atoms with E-state index >= 15 is 0 Å². The molecule has 2 amide bonds. The van der Waals surface area contributed by atoms with E-state index in [-0.39, 0.29) is 35.0 Å². The van der Waals surface area contributed by atoms with Crippen molar-refractivity contribution in [2.75, 3.05) is 18.4 Å². The van der Waals surface area contributed by atoms with Crippen LogP contribution in [0.1, 0.15) is 33.6 Å². The third-order valence-corrected chi connectivity index (χ3v) is 4.71.